The Hall–Kier alpha value is -2.22. The van der Waals surface area contributed by atoms with Gasteiger partial charge in [0.1, 0.15) is 5.75 Å². The van der Waals surface area contributed by atoms with Gasteiger partial charge >= 0.3 is 0 Å². The Bertz CT molecular complexity index is 720. The minimum absolute atomic E-state index is 0.146. The van der Waals surface area contributed by atoms with Gasteiger partial charge in [-0.15, -0.1) is 0 Å². The van der Waals surface area contributed by atoms with Crippen molar-refractivity contribution < 1.29 is 4.74 Å². The maximum atomic E-state index is 6.44. The molecule has 0 heterocycles. The fourth-order valence-corrected chi connectivity index (χ4v) is 3.33. The van der Waals surface area contributed by atoms with Crippen molar-refractivity contribution >= 4 is 17.3 Å². The molecule has 0 aliphatic heterocycles. The van der Waals surface area contributed by atoms with E-state index in [9.17, 15) is 0 Å². The van der Waals surface area contributed by atoms with E-state index < -0.39 is 0 Å². The molecule has 1 aromatic carbocycles. The maximum Gasteiger partial charge on any atom is 0.129 e. The first-order chi connectivity index (χ1) is 11.3. The van der Waals surface area contributed by atoms with Gasteiger partial charge in [-0.1, -0.05) is 50.0 Å². The van der Waals surface area contributed by atoms with E-state index in [-0.39, 0.29) is 5.41 Å². The monoisotopic (exact) mass is 323 g/mol. The van der Waals surface area contributed by atoms with Crippen molar-refractivity contribution in [2.75, 3.05) is 12.8 Å². The summed E-state index contributed by atoms with van der Waals surface area (Å²) in [7, 11) is 1.67. The van der Waals surface area contributed by atoms with E-state index in [0.717, 1.165) is 47.4 Å². The van der Waals surface area contributed by atoms with Crippen molar-refractivity contribution in [3.63, 3.8) is 0 Å². The van der Waals surface area contributed by atoms with Crippen LogP contribution in [-0.4, -0.2) is 7.11 Å². The summed E-state index contributed by atoms with van der Waals surface area (Å²) >= 11 is 0. The van der Waals surface area contributed by atoms with Crippen molar-refractivity contribution in [3.8, 4) is 5.75 Å². The molecule has 1 aromatic rings. The number of nitrogen functional groups attached to an aromatic ring is 1. The summed E-state index contributed by atoms with van der Waals surface area (Å²) in [5.74, 6) is 0.776. The second-order valence-corrected chi connectivity index (χ2v) is 7.15. The molecule has 0 saturated carbocycles. The predicted octanol–water partition coefficient (Wildman–Crippen LogP) is 5.80. The van der Waals surface area contributed by atoms with Crippen LogP contribution >= 0.6 is 0 Å². The molecular weight excluding hydrogens is 294 g/mol. The van der Waals surface area contributed by atoms with Gasteiger partial charge in [-0.05, 0) is 55.7 Å². The average Bonchev–Trinajstić information content (AvgIpc) is 2.53. The fourth-order valence-electron chi connectivity index (χ4n) is 3.33. The molecule has 1 atom stereocenters. The van der Waals surface area contributed by atoms with Crippen molar-refractivity contribution in [3.05, 3.63) is 59.7 Å². The first-order valence-electron chi connectivity index (χ1n) is 8.45. The summed E-state index contributed by atoms with van der Waals surface area (Å²) in [5, 5.41) is 0. The molecule has 0 amide bonds. The number of hydrogen-bond acceptors (Lipinski definition) is 2. The molecule has 0 fully saturated rings. The van der Waals surface area contributed by atoms with E-state index in [1.54, 1.807) is 13.2 Å². The van der Waals surface area contributed by atoms with Crippen molar-refractivity contribution in [1.29, 1.82) is 0 Å². The zero-order chi connectivity index (χ0) is 17.9. The Morgan fingerprint density at radius 1 is 1.42 bits per heavy atom. The second kappa shape index (κ2) is 7.12. The number of rotatable bonds is 6. The summed E-state index contributed by atoms with van der Waals surface area (Å²) in [5.41, 5.74) is 12.7. The molecule has 1 aliphatic rings. The molecule has 24 heavy (non-hydrogen) atoms. The van der Waals surface area contributed by atoms with Gasteiger partial charge in [0.15, 0.2) is 0 Å². The smallest absolute Gasteiger partial charge is 0.129 e. The summed E-state index contributed by atoms with van der Waals surface area (Å²) in [4.78, 5) is 0. The summed E-state index contributed by atoms with van der Waals surface area (Å²) in [6, 6.07) is 2.11. The van der Waals surface area contributed by atoms with Crippen LogP contribution in [0.4, 0.5) is 5.69 Å². The number of fused-ring (bicyclic) bond motifs is 1. The molecular formula is C22H29NO. The van der Waals surface area contributed by atoms with Gasteiger partial charge in [-0.2, -0.15) is 0 Å². The third-order valence-corrected chi connectivity index (χ3v) is 4.76. The van der Waals surface area contributed by atoms with Gasteiger partial charge in [0, 0.05) is 11.1 Å². The predicted molar refractivity (Wildman–Crippen MR) is 106 cm³/mol. The third kappa shape index (κ3) is 3.64. The quantitative estimate of drug-likeness (QED) is 0.408. The molecule has 2 nitrogen and oxygen atoms in total. The summed E-state index contributed by atoms with van der Waals surface area (Å²) in [6.07, 6.45) is 11.7. The zero-order valence-electron chi connectivity index (χ0n) is 15.4. The fraction of sp³-hybridized carbons (Fsp3) is 0.364. The highest BCUT2D eigenvalue weighted by Crippen LogP contribution is 2.43. The van der Waals surface area contributed by atoms with E-state index in [1.807, 2.05) is 0 Å². The first kappa shape index (κ1) is 18.1. The number of methoxy groups -OCH3 is 1. The van der Waals surface area contributed by atoms with Crippen LogP contribution in [0.15, 0.2) is 43.0 Å². The Labute approximate surface area is 146 Å². The largest absolute Gasteiger partial charge is 0.496 e. The first-order valence-corrected chi connectivity index (χ1v) is 8.45. The second-order valence-electron chi connectivity index (χ2n) is 7.15. The molecule has 1 aliphatic carbocycles. The Kier molecular flexibility index (Phi) is 5.38. The molecule has 0 spiro atoms. The van der Waals surface area contributed by atoms with E-state index in [1.165, 1.54) is 11.1 Å². The van der Waals surface area contributed by atoms with Crippen LogP contribution in [0.3, 0.4) is 0 Å². The van der Waals surface area contributed by atoms with Crippen molar-refractivity contribution in [1.82, 2.24) is 0 Å². The zero-order valence-corrected chi connectivity index (χ0v) is 15.4. The molecule has 1 unspecified atom stereocenters. The molecule has 2 rings (SSSR count). The summed E-state index contributed by atoms with van der Waals surface area (Å²) < 4.78 is 5.57. The highest BCUT2D eigenvalue weighted by atomic mass is 16.5. The topological polar surface area (TPSA) is 35.2 Å². The van der Waals surface area contributed by atoms with Gasteiger partial charge in [0.2, 0.25) is 0 Å². The van der Waals surface area contributed by atoms with Crippen LogP contribution < -0.4 is 10.5 Å². The number of nitrogens with two attached hydrogens (primary N) is 1. The Morgan fingerprint density at radius 2 is 2.12 bits per heavy atom. The molecule has 2 heteroatoms. The lowest BCUT2D eigenvalue weighted by atomic mass is 9.74. The van der Waals surface area contributed by atoms with E-state index >= 15 is 0 Å². The SMILES string of the molecule is C=CC(=C)c1c(OC)cc2c(c1N)C=CC(C)(CCC=C(C)C)C2. The molecule has 0 radical (unpaired) electrons. The minimum Gasteiger partial charge on any atom is -0.496 e. The number of anilines is 1. The lowest BCUT2D eigenvalue weighted by molar-refractivity contribution is 0.386. The van der Waals surface area contributed by atoms with E-state index in [2.05, 4.69) is 58.2 Å². The van der Waals surface area contributed by atoms with Crippen LogP contribution in [-0.2, 0) is 6.42 Å². The molecule has 128 valence electrons. The lowest BCUT2D eigenvalue weighted by Crippen LogP contribution is -2.21. The minimum atomic E-state index is 0.146. The van der Waals surface area contributed by atoms with Crippen LogP contribution in [0.1, 0.15) is 50.3 Å². The number of ether oxygens (including phenoxy) is 1. The van der Waals surface area contributed by atoms with Crippen molar-refractivity contribution in [2.45, 2.75) is 40.0 Å². The number of allylic oxidation sites excluding steroid dienone is 5. The van der Waals surface area contributed by atoms with Crippen LogP contribution in [0, 0.1) is 5.41 Å². The van der Waals surface area contributed by atoms with Gasteiger partial charge in [-0.3, -0.25) is 0 Å². The van der Waals surface area contributed by atoms with Gasteiger partial charge in [-0.25, -0.2) is 0 Å². The highest BCUT2D eigenvalue weighted by Gasteiger charge is 2.28. The van der Waals surface area contributed by atoms with Crippen molar-refractivity contribution in [2.24, 2.45) is 5.41 Å². The molecule has 2 N–H and O–H groups in total. The van der Waals surface area contributed by atoms with Crippen LogP contribution in [0.5, 0.6) is 5.75 Å². The Balaban J connectivity index is 2.40. The standard InChI is InChI=1S/C22H29NO/c1-7-16(4)20-19(24-6)13-17-14-22(5,11-8-9-15(2)3)12-10-18(17)21(20)23/h7,9-10,12-13H,1,4,8,11,14,23H2,2-3,5-6H3. The van der Waals surface area contributed by atoms with Crippen LogP contribution in [0.2, 0.25) is 0 Å². The van der Waals surface area contributed by atoms with Gasteiger partial charge < -0.3 is 10.5 Å². The molecule has 0 saturated heterocycles. The number of benzene rings is 1. The maximum absolute atomic E-state index is 6.44. The van der Waals surface area contributed by atoms with Gasteiger partial charge in [0.05, 0.1) is 12.8 Å². The Morgan fingerprint density at radius 3 is 2.71 bits per heavy atom. The highest BCUT2D eigenvalue weighted by molar-refractivity contribution is 5.89. The lowest BCUT2D eigenvalue weighted by Gasteiger charge is -2.32. The third-order valence-electron chi connectivity index (χ3n) is 4.76. The van der Waals surface area contributed by atoms with E-state index in [4.69, 9.17) is 10.5 Å². The van der Waals surface area contributed by atoms with E-state index in [0.29, 0.717) is 0 Å². The van der Waals surface area contributed by atoms with Gasteiger partial charge in [0.25, 0.3) is 0 Å². The number of hydrogen-bond donors (Lipinski definition) is 1. The van der Waals surface area contributed by atoms with Crippen LogP contribution in [0.25, 0.3) is 11.6 Å². The normalized spacial score (nSPS) is 18.7. The molecule has 0 aromatic heterocycles. The summed E-state index contributed by atoms with van der Waals surface area (Å²) in [6.45, 7) is 14.4. The molecule has 0 bridgehead atoms. The average molecular weight is 323 g/mol.